The van der Waals surface area contributed by atoms with Gasteiger partial charge in [-0.3, -0.25) is 4.90 Å². The number of tetrazole rings is 2. The lowest BCUT2D eigenvalue weighted by Gasteiger charge is -2.52. The molecule has 1 aliphatic carbocycles. The van der Waals surface area contributed by atoms with E-state index in [1.807, 2.05) is 30.2 Å². The standard InChI is InChI=1S/C13H17N9O2/c1-21-7-8-24-9-13(21,12(23)5-3-2-4-6-12)22-11(16-19-20-22)10-14-17-18-15-10/h2-5,23H,6-9H2,1H3,(H,14,15,17,18). The van der Waals surface area contributed by atoms with Crippen molar-refractivity contribution in [3.8, 4) is 11.6 Å². The van der Waals surface area contributed by atoms with Crippen molar-refractivity contribution in [2.24, 2.45) is 0 Å². The van der Waals surface area contributed by atoms with Crippen LogP contribution < -0.4 is 0 Å². The Morgan fingerprint density at radius 2 is 2.25 bits per heavy atom. The molecule has 24 heavy (non-hydrogen) atoms. The van der Waals surface area contributed by atoms with Crippen LogP contribution in [0, 0.1) is 0 Å². The van der Waals surface area contributed by atoms with Crippen LogP contribution in [0.25, 0.3) is 11.6 Å². The molecule has 1 fully saturated rings. The van der Waals surface area contributed by atoms with Crippen molar-refractivity contribution in [1.29, 1.82) is 0 Å². The molecule has 0 saturated carbocycles. The van der Waals surface area contributed by atoms with Crippen LogP contribution in [0.5, 0.6) is 0 Å². The summed E-state index contributed by atoms with van der Waals surface area (Å²) in [6, 6.07) is 0. The number of morpholine rings is 1. The second-order valence-electron chi connectivity index (χ2n) is 5.86. The topological polar surface area (TPSA) is 131 Å². The molecule has 126 valence electrons. The maximum atomic E-state index is 11.5. The molecule has 0 aromatic carbocycles. The summed E-state index contributed by atoms with van der Waals surface area (Å²) in [5, 5.41) is 37.2. The molecule has 3 heterocycles. The predicted octanol–water partition coefficient (Wildman–Crippen LogP) is -1.28. The van der Waals surface area contributed by atoms with Gasteiger partial charge in [0.1, 0.15) is 5.60 Å². The van der Waals surface area contributed by atoms with Gasteiger partial charge in [0, 0.05) is 13.0 Å². The van der Waals surface area contributed by atoms with Crippen molar-refractivity contribution >= 4 is 0 Å². The molecule has 2 N–H and O–H groups in total. The Labute approximate surface area is 137 Å². The molecule has 11 nitrogen and oxygen atoms in total. The van der Waals surface area contributed by atoms with E-state index in [2.05, 4.69) is 36.1 Å². The van der Waals surface area contributed by atoms with Crippen LogP contribution in [0.15, 0.2) is 24.3 Å². The molecule has 0 spiro atoms. The lowest BCUT2D eigenvalue weighted by Crippen LogP contribution is -2.69. The first-order chi connectivity index (χ1) is 11.7. The maximum absolute atomic E-state index is 11.5. The van der Waals surface area contributed by atoms with Crippen molar-refractivity contribution in [3.05, 3.63) is 24.3 Å². The molecule has 4 rings (SSSR count). The van der Waals surface area contributed by atoms with Crippen LogP contribution >= 0.6 is 0 Å². The zero-order valence-corrected chi connectivity index (χ0v) is 13.1. The van der Waals surface area contributed by atoms with E-state index in [9.17, 15) is 5.11 Å². The van der Waals surface area contributed by atoms with Gasteiger partial charge in [-0.25, -0.2) is 0 Å². The summed E-state index contributed by atoms with van der Waals surface area (Å²) in [5.41, 5.74) is -2.29. The Kier molecular flexibility index (Phi) is 3.48. The van der Waals surface area contributed by atoms with Gasteiger partial charge in [0.05, 0.1) is 13.2 Å². The minimum Gasteiger partial charge on any atom is -0.381 e. The molecule has 0 amide bonds. The van der Waals surface area contributed by atoms with Crippen molar-refractivity contribution in [3.63, 3.8) is 0 Å². The van der Waals surface area contributed by atoms with E-state index in [1.54, 1.807) is 6.08 Å². The van der Waals surface area contributed by atoms with Gasteiger partial charge in [0.15, 0.2) is 5.66 Å². The molecule has 2 aromatic rings. The first kappa shape index (κ1) is 15.1. The molecule has 1 aliphatic heterocycles. The largest absolute Gasteiger partial charge is 0.381 e. The van der Waals surface area contributed by atoms with Crippen molar-refractivity contribution in [2.75, 3.05) is 26.8 Å². The lowest BCUT2D eigenvalue weighted by molar-refractivity contribution is -0.196. The zero-order valence-electron chi connectivity index (χ0n) is 13.1. The number of H-pyrrole nitrogens is 1. The van der Waals surface area contributed by atoms with E-state index >= 15 is 0 Å². The number of allylic oxidation sites excluding steroid dienone is 2. The van der Waals surface area contributed by atoms with E-state index in [1.165, 1.54) is 4.68 Å². The minimum atomic E-state index is -1.26. The highest BCUT2D eigenvalue weighted by atomic mass is 16.5. The SMILES string of the molecule is CN1CCOCC1(n1nnnc1-c1nn[nH]n1)C1(O)C=CC=CC1. The van der Waals surface area contributed by atoms with Gasteiger partial charge >= 0.3 is 0 Å². The fourth-order valence-electron chi connectivity index (χ4n) is 3.31. The molecular formula is C13H17N9O2. The molecule has 11 heteroatoms. The van der Waals surface area contributed by atoms with Gasteiger partial charge in [-0.15, -0.1) is 15.3 Å². The van der Waals surface area contributed by atoms with E-state index in [0.29, 0.717) is 25.4 Å². The van der Waals surface area contributed by atoms with Gasteiger partial charge in [-0.1, -0.05) is 18.2 Å². The number of nitrogens with zero attached hydrogens (tertiary/aromatic N) is 8. The lowest BCUT2D eigenvalue weighted by atomic mass is 9.80. The normalized spacial score (nSPS) is 30.8. The zero-order chi connectivity index (χ0) is 16.6. The first-order valence-corrected chi connectivity index (χ1v) is 7.56. The van der Waals surface area contributed by atoms with E-state index in [-0.39, 0.29) is 12.4 Å². The van der Waals surface area contributed by atoms with E-state index in [0.717, 1.165) is 0 Å². The number of hydrogen-bond donors (Lipinski definition) is 2. The number of hydrogen-bond acceptors (Lipinski definition) is 9. The Hall–Kier alpha value is -2.50. The summed E-state index contributed by atoms with van der Waals surface area (Å²) in [7, 11) is 1.91. The van der Waals surface area contributed by atoms with E-state index in [4.69, 9.17) is 4.74 Å². The van der Waals surface area contributed by atoms with Gasteiger partial charge in [0.25, 0.3) is 0 Å². The number of ether oxygens (including phenoxy) is 1. The number of aromatic nitrogens is 8. The molecule has 0 radical (unpaired) electrons. The Morgan fingerprint density at radius 1 is 1.33 bits per heavy atom. The van der Waals surface area contributed by atoms with Gasteiger partial charge < -0.3 is 9.84 Å². The van der Waals surface area contributed by atoms with Crippen LogP contribution in [0.2, 0.25) is 0 Å². The third kappa shape index (κ3) is 2.02. The molecular weight excluding hydrogens is 314 g/mol. The van der Waals surface area contributed by atoms with Crippen molar-refractivity contribution < 1.29 is 9.84 Å². The predicted molar refractivity (Wildman–Crippen MR) is 80.3 cm³/mol. The number of aromatic amines is 1. The quantitative estimate of drug-likeness (QED) is 0.705. The summed E-state index contributed by atoms with van der Waals surface area (Å²) < 4.78 is 7.26. The summed E-state index contributed by atoms with van der Waals surface area (Å²) >= 11 is 0. The van der Waals surface area contributed by atoms with Crippen LogP contribution in [0.3, 0.4) is 0 Å². The third-order valence-electron chi connectivity index (χ3n) is 4.61. The molecule has 2 aliphatic rings. The van der Waals surface area contributed by atoms with Gasteiger partial charge in [-0.2, -0.15) is 9.90 Å². The summed E-state index contributed by atoms with van der Waals surface area (Å²) in [6.45, 7) is 1.40. The molecule has 1 saturated heterocycles. The fourth-order valence-corrected chi connectivity index (χ4v) is 3.31. The number of likely N-dealkylation sites (N-methyl/N-ethyl adjacent to an activating group) is 1. The smallest absolute Gasteiger partial charge is 0.243 e. The monoisotopic (exact) mass is 331 g/mol. The van der Waals surface area contributed by atoms with Crippen molar-refractivity contribution in [2.45, 2.75) is 17.7 Å². The van der Waals surface area contributed by atoms with Crippen LogP contribution in [-0.2, 0) is 10.4 Å². The Morgan fingerprint density at radius 3 is 2.96 bits per heavy atom. The van der Waals surface area contributed by atoms with Crippen molar-refractivity contribution in [1.82, 2.24) is 45.7 Å². The second kappa shape index (κ2) is 5.54. The summed E-state index contributed by atoms with van der Waals surface area (Å²) in [6.07, 6.45) is 7.77. The van der Waals surface area contributed by atoms with Crippen LogP contribution in [-0.4, -0.2) is 83.2 Å². The third-order valence-corrected chi connectivity index (χ3v) is 4.61. The molecule has 2 atom stereocenters. The highest BCUT2D eigenvalue weighted by Gasteiger charge is 2.57. The van der Waals surface area contributed by atoms with Crippen LogP contribution in [0.1, 0.15) is 6.42 Å². The Bertz CT molecular complexity index is 770. The average molecular weight is 331 g/mol. The highest BCUT2D eigenvalue weighted by molar-refractivity contribution is 5.41. The highest BCUT2D eigenvalue weighted by Crippen LogP contribution is 2.41. The van der Waals surface area contributed by atoms with Crippen LogP contribution in [0.4, 0.5) is 0 Å². The minimum absolute atomic E-state index is 0.216. The average Bonchev–Trinajstić information content (AvgIpc) is 3.27. The fraction of sp³-hybridized carbons (Fsp3) is 0.538. The summed E-state index contributed by atoms with van der Waals surface area (Å²) in [4.78, 5) is 2.00. The van der Waals surface area contributed by atoms with Gasteiger partial charge in [0.2, 0.25) is 11.6 Å². The maximum Gasteiger partial charge on any atom is 0.243 e. The molecule has 2 unspecified atom stereocenters. The van der Waals surface area contributed by atoms with E-state index < -0.39 is 11.3 Å². The molecule has 0 bridgehead atoms. The Balaban J connectivity index is 1.91. The number of nitrogens with one attached hydrogen (secondary N) is 1. The molecule has 2 aromatic heterocycles. The number of rotatable bonds is 3. The number of aliphatic hydroxyl groups is 1. The summed E-state index contributed by atoms with van der Waals surface area (Å²) in [5.74, 6) is 0.551. The van der Waals surface area contributed by atoms with Gasteiger partial charge in [-0.05, 0) is 28.8 Å². The second-order valence-corrected chi connectivity index (χ2v) is 5.86. The first-order valence-electron chi connectivity index (χ1n) is 7.56.